The molecule has 0 aliphatic heterocycles. The van der Waals surface area contributed by atoms with Crippen molar-refractivity contribution in [1.82, 2.24) is 4.98 Å². The van der Waals surface area contributed by atoms with Crippen molar-refractivity contribution in [2.45, 2.75) is 41.5 Å². The normalized spacial score (nSPS) is 10.4. The van der Waals surface area contributed by atoms with Gasteiger partial charge in [-0.3, -0.25) is 0 Å². The van der Waals surface area contributed by atoms with Crippen LogP contribution in [-0.4, -0.2) is 4.98 Å². The fraction of sp³-hybridized carbons (Fsp3) is 0.429. The van der Waals surface area contributed by atoms with E-state index >= 15 is 0 Å². The van der Waals surface area contributed by atoms with Crippen molar-refractivity contribution in [2.75, 3.05) is 0 Å². The molecule has 0 saturated heterocycles. The minimum Gasteiger partial charge on any atom is -0.422 e. The van der Waals surface area contributed by atoms with Gasteiger partial charge in [0.05, 0.1) is 0 Å². The van der Waals surface area contributed by atoms with Crippen LogP contribution in [0.1, 0.15) is 40.3 Å². The number of hydrogen-bond acceptors (Lipinski definition) is 0. The van der Waals surface area contributed by atoms with Gasteiger partial charge in [0.15, 0.2) is 0 Å². The third-order valence-electron chi connectivity index (χ3n) is 1.51. The number of aromatic nitrogens is 1. The number of aromatic amines is 1. The molecule has 0 amide bonds. The molecule has 0 aliphatic carbocycles. The average Bonchev–Trinajstić information content (AvgIpc) is 2.65. The Morgan fingerprint density at radius 3 is 2.06 bits per heavy atom. The fourth-order valence-corrected chi connectivity index (χ4v) is 1.05. The van der Waals surface area contributed by atoms with Crippen molar-refractivity contribution in [3.05, 3.63) is 35.0 Å². The average molecular weight is 295 g/mol. The van der Waals surface area contributed by atoms with E-state index < -0.39 is 0 Å². The van der Waals surface area contributed by atoms with E-state index in [1.807, 2.05) is 53.7 Å². The molecule has 2 heteroatoms. The fourth-order valence-electron chi connectivity index (χ4n) is 1.05. The van der Waals surface area contributed by atoms with Crippen LogP contribution >= 0.6 is 0 Å². The smallest absolute Gasteiger partial charge is 0 e. The van der Waals surface area contributed by atoms with E-state index in [4.69, 9.17) is 0 Å². The van der Waals surface area contributed by atoms with Gasteiger partial charge in [0, 0.05) is 32.7 Å². The van der Waals surface area contributed by atoms with Gasteiger partial charge in [-0.2, -0.15) is 17.4 Å². The maximum absolute atomic E-state index is 3.64. The van der Waals surface area contributed by atoms with E-state index in [1.54, 1.807) is 6.08 Å². The van der Waals surface area contributed by atoms with Crippen molar-refractivity contribution in [3.8, 4) is 0 Å². The minimum absolute atomic E-state index is 0. The van der Waals surface area contributed by atoms with E-state index in [-0.39, 0.29) is 32.7 Å². The Kier molecular flexibility index (Phi) is 19.7. The van der Waals surface area contributed by atoms with Crippen LogP contribution in [0.25, 0.3) is 12.2 Å². The summed E-state index contributed by atoms with van der Waals surface area (Å²) in [5, 5.41) is 2.20. The Morgan fingerprint density at radius 1 is 1.19 bits per heavy atom. The molecular formula is C14H24NY-. The van der Waals surface area contributed by atoms with Gasteiger partial charge in [0.1, 0.15) is 0 Å². The summed E-state index contributed by atoms with van der Waals surface area (Å²) < 4.78 is 0. The predicted octanol–water partition coefficient (Wildman–Crippen LogP) is 2.94. The summed E-state index contributed by atoms with van der Waals surface area (Å²) in [7, 11) is 0. The summed E-state index contributed by atoms with van der Waals surface area (Å²) in [5.41, 5.74) is 1.06. The Morgan fingerprint density at radius 2 is 1.69 bits per heavy atom. The van der Waals surface area contributed by atoms with E-state index in [1.165, 1.54) is 0 Å². The van der Waals surface area contributed by atoms with Gasteiger partial charge in [-0.15, -0.1) is 18.7 Å². The van der Waals surface area contributed by atoms with Crippen LogP contribution in [-0.2, 0) is 32.7 Å². The molecule has 1 aromatic rings. The first-order valence-corrected chi connectivity index (χ1v) is 5.65. The van der Waals surface area contributed by atoms with Crippen molar-refractivity contribution < 1.29 is 32.7 Å². The van der Waals surface area contributed by atoms with Crippen LogP contribution in [0.5, 0.6) is 0 Å². The first-order valence-electron chi connectivity index (χ1n) is 5.65. The van der Waals surface area contributed by atoms with Gasteiger partial charge in [-0.25, -0.2) is 0 Å². The number of H-pyrrole nitrogens is 1. The number of aryl methyl sites for hydroxylation is 1. The SMILES string of the molecule is C=C/C=c1/[c-]c(C)[nH]/c1=C/C.CC.CC.[Y]. The summed E-state index contributed by atoms with van der Waals surface area (Å²) in [6.07, 6.45) is 5.74. The molecule has 1 N–H and O–H groups in total. The topological polar surface area (TPSA) is 15.8 Å². The number of hydrogen-bond donors (Lipinski definition) is 1. The quantitative estimate of drug-likeness (QED) is 0.767. The van der Waals surface area contributed by atoms with E-state index in [0.29, 0.717) is 0 Å². The van der Waals surface area contributed by atoms with Crippen molar-refractivity contribution in [1.29, 1.82) is 0 Å². The first-order chi connectivity index (χ1) is 7.27. The van der Waals surface area contributed by atoms with Crippen LogP contribution in [0.15, 0.2) is 12.7 Å². The molecule has 1 rings (SSSR count). The molecule has 1 nitrogen and oxygen atoms in total. The molecule has 0 atom stereocenters. The molecule has 16 heavy (non-hydrogen) atoms. The molecule has 1 aromatic heterocycles. The molecule has 1 radical (unpaired) electrons. The van der Waals surface area contributed by atoms with Gasteiger partial charge in [-0.05, 0) is 6.92 Å². The van der Waals surface area contributed by atoms with Gasteiger partial charge in [0.2, 0.25) is 0 Å². The van der Waals surface area contributed by atoms with Crippen LogP contribution in [0.4, 0.5) is 0 Å². The van der Waals surface area contributed by atoms with E-state index in [2.05, 4.69) is 17.6 Å². The monoisotopic (exact) mass is 295 g/mol. The Bertz CT molecular complexity index is 361. The molecule has 0 saturated carbocycles. The largest absolute Gasteiger partial charge is 0.422 e. The van der Waals surface area contributed by atoms with Gasteiger partial charge < -0.3 is 4.98 Å². The third-order valence-corrected chi connectivity index (χ3v) is 1.51. The molecular weight excluding hydrogens is 271 g/mol. The predicted molar refractivity (Wildman–Crippen MR) is 71.1 cm³/mol. The molecule has 0 fully saturated rings. The van der Waals surface area contributed by atoms with Gasteiger partial charge in [0.25, 0.3) is 0 Å². The summed E-state index contributed by atoms with van der Waals surface area (Å²) in [4.78, 5) is 3.19. The summed E-state index contributed by atoms with van der Waals surface area (Å²) >= 11 is 0. The van der Waals surface area contributed by atoms with Crippen molar-refractivity contribution >= 4 is 12.2 Å². The Labute approximate surface area is 126 Å². The van der Waals surface area contributed by atoms with Crippen LogP contribution in [0.3, 0.4) is 0 Å². The standard InChI is InChI=1S/C10H12N.2C2H6.Y/c1-4-6-9-7-8(3)11-10(9)5-2;2*1-2;/h4-6,11H,1H2,2-3H3;2*1-2H3;/q-1;;;/b9-6-,10-5+;;;. The second-order valence-corrected chi connectivity index (χ2v) is 2.39. The number of allylic oxidation sites excluding steroid dienone is 1. The maximum Gasteiger partial charge on any atom is 0 e. The Hall–Kier alpha value is -0.136. The summed E-state index contributed by atoms with van der Waals surface area (Å²) in [6.45, 7) is 15.6. The number of nitrogens with one attached hydrogen (secondary N) is 1. The van der Waals surface area contributed by atoms with Gasteiger partial charge >= 0.3 is 0 Å². The van der Waals surface area contributed by atoms with E-state index in [0.717, 1.165) is 16.3 Å². The van der Waals surface area contributed by atoms with E-state index in [9.17, 15) is 0 Å². The van der Waals surface area contributed by atoms with Crippen LogP contribution in [0, 0.1) is 13.0 Å². The summed E-state index contributed by atoms with van der Waals surface area (Å²) in [5.74, 6) is 0. The zero-order chi connectivity index (χ0) is 12.3. The zero-order valence-electron chi connectivity index (χ0n) is 11.5. The first kappa shape index (κ1) is 21.2. The van der Waals surface area contributed by atoms with Gasteiger partial charge in [-0.1, -0.05) is 45.7 Å². The molecule has 0 spiro atoms. The second kappa shape index (κ2) is 14.9. The number of rotatable bonds is 1. The molecule has 0 bridgehead atoms. The zero-order valence-corrected chi connectivity index (χ0v) is 14.4. The second-order valence-electron chi connectivity index (χ2n) is 2.39. The molecule has 1 heterocycles. The van der Waals surface area contributed by atoms with Crippen molar-refractivity contribution in [3.63, 3.8) is 0 Å². The molecule has 0 unspecified atom stereocenters. The minimum atomic E-state index is 0. The maximum atomic E-state index is 3.64. The summed E-state index contributed by atoms with van der Waals surface area (Å²) in [6, 6.07) is 3.18. The van der Waals surface area contributed by atoms with Crippen LogP contribution < -0.4 is 10.6 Å². The van der Waals surface area contributed by atoms with Crippen LogP contribution in [0.2, 0.25) is 0 Å². The molecule has 0 aliphatic rings. The third kappa shape index (κ3) is 8.07. The molecule has 0 aromatic carbocycles. The molecule has 89 valence electrons. The van der Waals surface area contributed by atoms with Crippen molar-refractivity contribution in [2.24, 2.45) is 0 Å². The Balaban J connectivity index is -0.000000305.